The van der Waals surface area contributed by atoms with Gasteiger partial charge in [0.1, 0.15) is 0 Å². The molecule has 0 bridgehead atoms. The molecule has 1 aliphatic heterocycles. The zero-order valence-corrected chi connectivity index (χ0v) is 16.2. The molecule has 1 atom stereocenters. The maximum absolute atomic E-state index is 9.64. The van der Waals surface area contributed by atoms with Gasteiger partial charge < -0.3 is 5.11 Å². The number of likely N-dealkylation sites (N-methyl/N-ethyl adjacent to an activating group) is 1. The maximum atomic E-state index is 9.64. The van der Waals surface area contributed by atoms with Gasteiger partial charge in [0, 0.05) is 37.6 Å². The number of aliphatic hydroxyl groups is 1. The summed E-state index contributed by atoms with van der Waals surface area (Å²) in [6.45, 7) is 6.08. The first kappa shape index (κ1) is 17.6. The molecule has 1 aliphatic rings. The zero-order valence-electron chi connectivity index (χ0n) is 15.4. The number of pyridine rings is 1. The van der Waals surface area contributed by atoms with Gasteiger partial charge in [0.15, 0.2) is 0 Å². The fourth-order valence-electron chi connectivity index (χ4n) is 3.66. The summed E-state index contributed by atoms with van der Waals surface area (Å²) in [6.07, 6.45) is 0. The maximum Gasteiger partial charge on any atom is 0.0854 e. The highest BCUT2D eigenvalue weighted by Crippen LogP contribution is 2.30. The Morgan fingerprint density at radius 3 is 2.88 bits per heavy atom. The number of benzene rings is 1. The van der Waals surface area contributed by atoms with Gasteiger partial charge in [0.2, 0.25) is 0 Å². The quantitative estimate of drug-likeness (QED) is 0.767. The summed E-state index contributed by atoms with van der Waals surface area (Å²) < 4.78 is 0. The lowest BCUT2D eigenvalue weighted by atomic mass is 10.0. The highest BCUT2D eigenvalue weighted by molar-refractivity contribution is 7.13. The Labute approximate surface area is 158 Å². The van der Waals surface area contributed by atoms with Crippen LogP contribution in [0.1, 0.15) is 11.1 Å². The summed E-state index contributed by atoms with van der Waals surface area (Å²) in [5.41, 5.74) is 4.66. The third-order valence-corrected chi connectivity index (χ3v) is 6.15. The van der Waals surface area contributed by atoms with E-state index in [1.54, 1.807) is 11.3 Å². The van der Waals surface area contributed by atoms with E-state index in [0.29, 0.717) is 0 Å². The molecule has 26 heavy (non-hydrogen) atoms. The van der Waals surface area contributed by atoms with Gasteiger partial charge >= 0.3 is 0 Å². The van der Waals surface area contributed by atoms with Crippen LogP contribution in [0.3, 0.4) is 0 Å². The number of hydrogen-bond acceptors (Lipinski definition) is 5. The first-order chi connectivity index (χ1) is 12.6. The van der Waals surface area contributed by atoms with E-state index in [0.717, 1.165) is 37.4 Å². The molecule has 2 aromatic heterocycles. The van der Waals surface area contributed by atoms with Gasteiger partial charge in [-0.15, -0.1) is 11.3 Å². The van der Waals surface area contributed by atoms with E-state index in [1.165, 1.54) is 21.4 Å². The Balaban J connectivity index is 1.71. The lowest BCUT2D eigenvalue weighted by Crippen LogP contribution is -2.52. The van der Waals surface area contributed by atoms with E-state index >= 15 is 0 Å². The minimum atomic E-state index is 0.208. The van der Waals surface area contributed by atoms with E-state index in [-0.39, 0.29) is 12.6 Å². The number of piperazine rings is 1. The second-order valence-corrected chi connectivity index (χ2v) is 8.17. The summed E-state index contributed by atoms with van der Waals surface area (Å²) in [5.74, 6) is 0. The van der Waals surface area contributed by atoms with Crippen LogP contribution in [0, 0.1) is 6.92 Å². The molecule has 0 aliphatic carbocycles. The number of nitrogens with zero attached hydrogens (tertiary/aromatic N) is 3. The van der Waals surface area contributed by atoms with Gasteiger partial charge in [-0.05, 0) is 48.7 Å². The Morgan fingerprint density at radius 2 is 2.12 bits per heavy atom. The second kappa shape index (κ2) is 7.45. The van der Waals surface area contributed by atoms with Crippen LogP contribution in [0.4, 0.5) is 0 Å². The molecule has 4 rings (SSSR count). The van der Waals surface area contributed by atoms with Crippen molar-refractivity contribution in [1.29, 1.82) is 0 Å². The van der Waals surface area contributed by atoms with Gasteiger partial charge in [-0.1, -0.05) is 18.2 Å². The molecule has 1 fully saturated rings. The van der Waals surface area contributed by atoms with Crippen molar-refractivity contribution in [3.63, 3.8) is 0 Å². The topological polar surface area (TPSA) is 39.6 Å². The van der Waals surface area contributed by atoms with Gasteiger partial charge in [0.25, 0.3) is 0 Å². The summed E-state index contributed by atoms with van der Waals surface area (Å²) in [4.78, 5) is 10.9. The Morgan fingerprint density at radius 1 is 1.23 bits per heavy atom. The van der Waals surface area contributed by atoms with Gasteiger partial charge in [-0.2, -0.15) is 0 Å². The molecular formula is C21H25N3OS. The molecule has 1 saturated heterocycles. The van der Waals surface area contributed by atoms with Crippen molar-refractivity contribution in [3.8, 4) is 10.6 Å². The van der Waals surface area contributed by atoms with Crippen LogP contribution in [-0.4, -0.2) is 59.2 Å². The Hall–Kier alpha value is -1.79. The fraction of sp³-hybridized carbons (Fsp3) is 0.381. The zero-order chi connectivity index (χ0) is 18.1. The van der Waals surface area contributed by atoms with Crippen LogP contribution < -0.4 is 0 Å². The number of hydrogen-bond donors (Lipinski definition) is 1. The average molecular weight is 368 g/mol. The average Bonchev–Trinajstić information content (AvgIpc) is 3.17. The molecule has 0 spiro atoms. The first-order valence-corrected chi connectivity index (χ1v) is 9.99. The number of aromatic nitrogens is 1. The van der Waals surface area contributed by atoms with E-state index in [4.69, 9.17) is 4.98 Å². The molecule has 0 saturated carbocycles. The molecule has 3 aromatic rings. The normalized spacial score (nSPS) is 19.3. The molecule has 136 valence electrons. The third-order valence-electron chi connectivity index (χ3n) is 5.27. The summed E-state index contributed by atoms with van der Waals surface area (Å²) in [6, 6.07) is 13.2. The third kappa shape index (κ3) is 3.53. The molecule has 0 radical (unpaired) electrons. The smallest absolute Gasteiger partial charge is 0.0854 e. The van der Waals surface area contributed by atoms with Crippen molar-refractivity contribution in [1.82, 2.24) is 14.8 Å². The van der Waals surface area contributed by atoms with E-state index in [9.17, 15) is 5.11 Å². The predicted molar refractivity (Wildman–Crippen MR) is 109 cm³/mol. The number of rotatable bonds is 4. The number of aryl methyl sites for hydroxylation is 1. The molecule has 5 heteroatoms. The lowest BCUT2D eigenvalue weighted by Gasteiger charge is -2.38. The van der Waals surface area contributed by atoms with E-state index < -0.39 is 0 Å². The first-order valence-electron chi connectivity index (χ1n) is 9.11. The van der Waals surface area contributed by atoms with Crippen LogP contribution in [-0.2, 0) is 6.54 Å². The summed E-state index contributed by atoms with van der Waals surface area (Å²) in [7, 11) is 2.09. The van der Waals surface area contributed by atoms with Crippen LogP contribution in [0.15, 0.2) is 41.8 Å². The fourth-order valence-corrected chi connectivity index (χ4v) is 4.41. The van der Waals surface area contributed by atoms with Crippen LogP contribution in [0.25, 0.3) is 21.5 Å². The van der Waals surface area contributed by atoms with Gasteiger partial charge in [-0.25, -0.2) is 4.98 Å². The molecule has 3 heterocycles. The van der Waals surface area contributed by atoms with Gasteiger partial charge in [-0.3, -0.25) is 9.80 Å². The standard InChI is InChI=1S/C21H25N3OS/c1-15-5-6-16-11-17(12-24-8-7-23(2)18(13-24)14-25)21(22-19(16)10-15)20-4-3-9-26-20/h3-6,9-11,18,25H,7-8,12-14H2,1-2H3/t18-/m1/s1. The Bertz CT molecular complexity index is 894. The van der Waals surface area contributed by atoms with Crippen LogP contribution in [0.5, 0.6) is 0 Å². The van der Waals surface area contributed by atoms with Crippen LogP contribution >= 0.6 is 11.3 Å². The number of fused-ring (bicyclic) bond motifs is 1. The molecule has 1 aromatic carbocycles. The van der Waals surface area contributed by atoms with Crippen molar-refractivity contribution < 1.29 is 5.11 Å². The minimum Gasteiger partial charge on any atom is -0.395 e. The van der Waals surface area contributed by atoms with Crippen molar-refractivity contribution in [2.24, 2.45) is 0 Å². The number of aliphatic hydroxyl groups excluding tert-OH is 1. The van der Waals surface area contributed by atoms with E-state index in [1.807, 2.05) is 0 Å². The van der Waals surface area contributed by atoms with Crippen molar-refractivity contribution in [2.75, 3.05) is 33.3 Å². The molecule has 0 unspecified atom stereocenters. The van der Waals surface area contributed by atoms with Crippen molar-refractivity contribution in [3.05, 3.63) is 52.9 Å². The lowest BCUT2D eigenvalue weighted by molar-refractivity contribution is 0.0540. The molecule has 1 N–H and O–H groups in total. The van der Waals surface area contributed by atoms with Gasteiger partial charge in [0.05, 0.1) is 22.7 Å². The Kier molecular flexibility index (Phi) is 5.05. The highest BCUT2D eigenvalue weighted by Gasteiger charge is 2.24. The molecule has 4 nitrogen and oxygen atoms in total. The highest BCUT2D eigenvalue weighted by atomic mass is 32.1. The second-order valence-electron chi connectivity index (χ2n) is 7.22. The van der Waals surface area contributed by atoms with Crippen molar-refractivity contribution in [2.45, 2.75) is 19.5 Å². The predicted octanol–water partition coefficient (Wildman–Crippen LogP) is 3.38. The monoisotopic (exact) mass is 367 g/mol. The minimum absolute atomic E-state index is 0.208. The SMILES string of the molecule is Cc1ccc2cc(CN3CCN(C)[C@@H](CO)C3)c(-c3cccs3)nc2c1. The van der Waals surface area contributed by atoms with Crippen molar-refractivity contribution >= 4 is 22.2 Å². The summed E-state index contributed by atoms with van der Waals surface area (Å²) >= 11 is 1.74. The number of thiophene rings is 1. The summed E-state index contributed by atoms with van der Waals surface area (Å²) in [5, 5.41) is 12.9. The van der Waals surface area contributed by atoms with Crippen LogP contribution in [0.2, 0.25) is 0 Å². The largest absolute Gasteiger partial charge is 0.395 e. The molecular weight excluding hydrogens is 342 g/mol. The molecule has 0 amide bonds. The van der Waals surface area contributed by atoms with E-state index in [2.05, 4.69) is 65.5 Å².